The van der Waals surface area contributed by atoms with Crippen molar-refractivity contribution in [3.05, 3.63) is 94.9 Å². The van der Waals surface area contributed by atoms with Gasteiger partial charge in [-0.3, -0.25) is 4.79 Å². The van der Waals surface area contributed by atoms with Crippen molar-refractivity contribution in [3.8, 4) is 23.3 Å². The molecule has 4 aromatic rings. The van der Waals surface area contributed by atoms with Gasteiger partial charge in [-0.15, -0.1) is 0 Å². The van der Waals surface area contributed by atoms with Crippen LogP contribution in [0.3, 0.4) is 0 Å². The maximum absolute atomic E-state index is 14.0. The van der Waals surface area contributed by atoms with Gasteiger partial charge in [0.15, 0.2) is 11.6 Å². The molecule has 3 aromatic carbocycles. The number of carbonyl (C=O) groups excluding carboxylic acids is 1. The molecule has 0 fully saturated rings. The van der Waals surface area contributed by atoms with E-state index in [0.717, 1.165) is 16.5 Å². The second-order valence-electron chi connectivity index (χ2n) is 8.34. The number of H-pyrrole nitrogens is 1. The topological polar surface area (TPSA) is 63.4 Å². The minimum Gasteiger partial charge on any atom is -0.494 e. The van der Waals surface area contributed by atoms with Gasteiger partial charge in [-0.1, -0.05) is 30.0 Å². The second-order valence-corrected chi connectivity index (χ2v) is 8.34. The van der Waals surface area contributed by atoms with Gasteiger partial charge in [-0.05, 0) is 68.3 Å². The fraction of sp³-hybridized carbons (Fsp3) is 0.207. The predicted molar refractivity (Wildman–Crippen MR) is 135 cm³/mol. The molecule has 0 aliphatic rings. The molecular weight excluding hydrogens is 443 g/mol. The highest BCUT2D eigenvalue weighted by Gasteiger charge is 2.15. The average Bonchev–Trinajstić information content (AvgIpc) is 3.26. The van der Waals surface area contributed by atoms with Crippen LogP contribution >= 0.6 is 0 Å². The minimum atomic E-state index is -0.477. The summed E-state index contributed by atoms with van der Waals surface area (Å²) in [5.74, 6) is 5.88. The van der Waals surface area contributed by atoms with Crippen molar-refractivity contribution in [2.75, 3.05) is 13.7 Å². The summed E-state index contributed by atoms with van der Waals surface area (Å²) in [6.45, 7) is 4.29. The smallest absolute Gasteiger partial charge is 0.255 e. The van der Waals surface area contributed by atoms with E-state index in [1.54, 1.807) is 24.3 Å². The van der Waals surface area contributed by atoms with Crippen LogP contribution in [0.1, 0.15) is 40.9 Å². The number of nitrogens with one attached hydrogen (secondary N) is 2. The SMILES string of the molecule is COc1ccc(C#Cc2ccc(OC(C)C)c(C(=O)NCCc3c[nH]c4ccccc34)c2)cc1F. The minimum absolute atomic E-state index is 0.0908. The maximum atomic E-state index is 14.0. The van der Waals surface area contributed by atoms with Crippen molar-refractivity contribution in [2.45, 2.75) is 26.4 Å². The summed E-state index contributed by atoms with van der Waals surface area (Å²) in [5, 5.41) is 4.14. The second kappa shape index (κ2) is 10.8. The molecule has 4 rings (SSSR count). The number of methoxy groups -OCH3 is 1. The van der Waals surface area contributed by atoms with Crippen LogP contribution in [0.4, 0.5) is 4.39 Å². The van der Waals surface area contributed by atoms with Crippen molar-refractivity contribution in [3.63, 3.8) is 0 Å². The van der Waals surface area contributed by atoms with E-state index in [0.29, 0.717) is 35.4 Å². The molecule has 6 heteroatoms. The summed E-state index contributed by atoms with van der Waals surface area (Å²) in [7, 11) is 1.41. The molecule has 0 aliphatic carbocycles. The Hall–Kier alpha value is -4.24. The Morgan fingerprint density at radius 2 is 1.74 bits per heavy atom. The van der Waals surface area contributed by atoms with Crippen molar-refractivity contribution in [1.82, 2.24) is 10.3 Å². The molecule has 0 bridgehead atoms. The molecule has 178 valence electrons. The molecule has 35 heavy (non-hydrogen) atoms. The van der Waals surface area contributed by atoms with Crippen molar-refractivity contribution < 1.29 is 18.7 Å². The first kappa shape index (κ1) is 23.9. The number of halogens is 1. The Bertz CT molecular complexity index is 1410. The van der Waals surface area contributed by atoms with Gasteiger partial charge in [0.1, 0.15) is 5.75 Å². The number of ether oxygens (including phenoxy) is 2. The average molecular weight is 471 g/mol. The Kier molecular flexibility index (Phi) is 7.37. The third-order valence-corrected chi connectivity index (χ3v) is 5.44. The maximum Gasteiger partial charge on any atom is 0.255 e. The van der Waals surface area contributed by atoms with Crippen LogP contribution in [0, 0.1) is 17.7 Å². The number of rotatable bonds is 7. The Morgan fingerprint density at radius 3 is 2.46 bits per heavy atom. The molecule has 1 aromatic heterocycles. The first-order valence-electron chi connectivity index (χ1n) is 11.4. The van der Waals surface area contributed by atoms with E-state index >= 15 is 0 Å². The van der Waals surface area contributed by atoms with Gasteiger partial charge in [-0.2, -0.15) is 0 Å². The van der Waals surface area contributed by atoms with E-state index in [4.69, 9.17) is 9.47 Å². The number of amides is 1. The number of aromatic amines is 1. The lowest BCUT2D eigenvalue weighted by atomic mass is 10.1. The van der Waals surface area contributed by atoms with E-state index in [1.807, 2.05) is 38.2 Å². The summed E-state index contributed by atoms with van der Waals surface area (Å²) in [5.41, 5.74) is 3.76. The zero-order valence-electron chi connectivity index (χ0n) is 19.9. The van der Waals surface area contributed by atoms with E-state index in [9.17, 15) is 9.18 Å². The number of hydrogen-bond donors (Lipinski definition) is 2. The van der Waals surface area contributed by atoms with E-state index in [-0.39, 0.29) is 17.8 Å². The number of benzene rings is 3. The van der Waals surface area contributed by atoms with Crippen LogP contribution in [0.2, 0.25) is 0 Å². The first-order chi connectivity index (χ1) is 16.9. The molecule has 0 spiro atoms. The molecule has 0 unspecified atom stereocenters. The first-order valence-corrected chi connectivity index (χ1v) is 11.4. The van der Waals surface area contributed by atoms with Crippen LogP contribution in [0.15, 0.2) is 66.9 Å². The van der Waals surface area contributed by atoms with Crippen molar-refractivity contribution in [2.24, 2.45) is 0 Å². The Morgan fingerprint density at radius 1 is 1.03 bits per heavy atom. The molecular formula is C29H27FN2O3. The summed E-state index contributed by atoms with van der Waals surface area (Å²) in [6.07, 6.45) is 2.58. The summed E-state index contributed by atoms with van der Waals surface area (Å²) in [6, 6.07) is 17.8. The highest BCUT2D eigenvalue weighted by atomic mass is 19.1. The third-order valence-electron chi connectivity index (χ3n) is 5.44. The van der Waals surface area contributed by atoms with E-state index in [1.165, 1.54) is 19.2 Å². The highest BCUT2D eigenvalue weighted by molar-refractivity contribution is 5.97. The zero-order chi connectivity index (χ0) is 24.8. The molecule has 5 nitrogen and oxygen atoms in total. The molecule has 2 N–H and O–H groups in total. The van der Waals surface area contributed by atoms with Gasteiger partial charge < -0.3 is 19.8 Å². The number of fused-ring (bicyclic) bond motifs is 1. The van der Waals surface area contributed by atoms with Crippen LogP contribution in [-0.4, -0.2) is 30.6 Å². The van der Waals surface area contributed by atoms with Gasteiger partial charge in [0.2, 0.25) is 0 Å². The molecule has 1 amide bonds. The quantitative estimate of drug-likeness (QED) is 0.352. The largest absolute Gasteiger partial charge is 0.494 e. The predicted octanol–water partition coefficient (Wildman–Crippen LogP) is 5.48. The Balaban J connectivity index is 1.51. The number of para-hydroxylation sites is 1. The lowest BCUT2D eigenvalue weighted by molar-refractivity contribution is 0.0948. The fourth-order valence-corrected chi connectivity index (χ4v) is 3.77. The zero-order valence-corrected chi connectivity index (χ0v) is 19.9. The van der Waals surface area contributed by atoms with Crippen LogP contribution < -0.4 is 14.8 Å². The molecule has 0 saturated heterocycles. The van der Waals surface area contributed by atoms with Crippen LogP contribution in [0.5, 0.6) is 11.5 Å². The standard InChI is InChI=1S/C29H27FN2O3/c1-19(2)35-27-12-10-20(8-9-21-11-13-28(34-3)25(30)17-21)16-24(27)29(33)31-15-14-22-18-32-26-7-5-4-6-23(22)26/h4-7,10-13,16-19,32H,14-15H2,1-3H3,(H,31,33). The summed E-state index contributed by atoms with van der Waals surface area (Å²) >= 11 is 0. The van der Waals surface area contributed by atoms with Gasteiger partial charge in [0.05, 0.1) is 18.8 Å². The van der Waals surface area contributed by atoms with Gasteiger partial charge in [0, 0.05) is 34.8 Å². The molecule has 0 saturated carbocycles. The molecule has 0 atom stereocenters. The van der Waals surface area contributed by atoms with E-state index in [2.05, 4.69) is 28.2 Å². The lowest BCUT2D eigenvalue weighted by Crippen LogP contribution is -2.26. The molecule has 0 aliphatic heterocycles. The molecule has 0 radical (unpaired) electrons. The number of carbonyl (C=O) groups is 1. The third kappa shape index (κ3) is 5.82. The Labute approximate surface area is 204 Å². The van der Waals surface area contributed by atoms with Crippen LogP contribution in [0.25, 0.3) is 10.9 Å². The number of aromatic nitrogens is 1. The fourth-order valence-electron chi connectivity index (χ4n) is 3.77. The van der Waals surface area contributed by atoms with E-state index < -0.39 is 5.82 Å². The summed E-state index contributed by atoms with van der Waals surface area (Å²) < 4.78 is 24.8. The molecule has 1 heterocycles. The van der Waals surface area contributed by atoms with Gasteiger partial charge in [0.25, 0.3) is 5.91 Å². The summed E-state index contributed by atoms with van der Waals surface area (Å²) in [4.78, 5) is 16.3. The van der Waals surface area contributed by atoms with Crippen molar-refractivity contribution >= 4 is 16.8 Å². The number of hydrogen-bond acceptors (Lipinski definition) is 3. The van der Waals surface area contributed by atoms with Crippen LogP contribution in [-0.2, 0) is 6.42 Å². The van der Waals surface area contributed by atoms with Gasteiger partial charge >= 0.3 is 0 Å². The van der Waals surface area contributed by atoms with Gasteiger partial charge in [-0.25, -0.2) is 4.39 Å². The normalized spacial score (nSPS) is 10.7. The monoisotopic (exact) mass is 470 g/mol. The lowest BCUT2D eigenvalue weighted by Gasteiger charge is -2.14. The van der Waals surface area contributed by atoms with Crippen molar-refractivity contribution in [1.29, 1.82) is 0 Å². The highest BCUT2D eigenvalue weighted by Crippen LogP contribution is 2.23.